The molecule has 0 saturated heterocycles. The molecule has 11 heteroatoms. The summed E-state index contributed by atoms with van der Waals surface area (Å²) in [6.07, 6.45) is 0.0856. The van der Waals surface area contributed by atoms with Crippen molar-refractivity contribution in [3.05, 3.63) is 33.1 Å². The Morgan fingerprint density at radius 3 is 2.92 bits per heavy atom. The van der Waals surface area contributed by atoms with E-state index < -0.39 is 0 Å². The molecule has 0 aliphatic carbocycles. The van der Waals surface area contributed by atoms with Crippen LogP contribution in [0.25, 0.3) is 10.2 Å². The summed E-state index contributed by atoms with van der Waals surface area (Å²) in [5.41, 5.74) is 1.90. The van der Waals surface area contributed by atoms with Gasteiger partial charge in [-0.3, -0.25) is 14.4 Å². The second-order valence-corrected chi connectivity index (χ2v) is 6.94. The fraction of sp³-hybridized carbons (Fsp3) is 0.286. The van der Waals surface area contributed by atoms with Crippen LogP contribution in [-0.4, -0.2) is 43.9 Å². The summed E-state index contributed by atoms with van der Waals surface area (Å²) in [6, 6.07) is 1.76. The van der Waals surface area contributed by atoms with E-state index in [-0.39, 0.29) is 36.8 Å². The highest BCUT2D eigenvalue weighted by atomic mass is 32.1. The summed E-state index contributed by atoms with van der Waals surface area (Å²) in [4.78, 5) is 44.3. The third-order valence-electron chi connectivity index (χ3n) is 3.35. The van der Waals surface area contributed by atoms with Gasteiger partial charge in [0.15, 0.2) is 0 Å². The second-order valence-electron chi connectivity index (χ2n) is 5.19. The average molecular weight is 378 g/mol. The minimum absolute atomic E-state index is 0.0380. The molecule has 0 spiro atoms. The minimum atomic E-state index is -0.301. The molecule has 2 amide bonds. The molecule has 0 bridgehead atoms. The van der Waals surface area contributed by atoms with Gasteiger partial charge in [-0.1, -0.05) is 11.3 Å². The quantitative estimate of drug-likeness (QED) is 0.665. The van der Waals surface area contributed by atoms with Crippen LogP contribution in [0.5, 0.6) is 0 Å². The number of anilines is 1. The number of carbonyl (C=O) groups excluding carboxylic acids is 2. The first-order valence-corrected chi connectivity index (χ1v) is 9.05. The molecule has 0 unspecified atom stereocenters. The predicted octanol–water partition coefficient (Wildman–Crippen LogP) is 1.21. The van der Waals surface area contributed by atoms with Gasteiger partial charge in [-0.25, -0.2) is 4.98 Å². The lowest BCUT2D eigenvalue weighted by Gasteiger charge is -2.16. The number of amides is 2. The molecule has 25 heavy (non-hydrogen) atoms. The zero-order valence-corrected chi connectivity index (χ0v) is 14.8. The molecule has 0 aromatic carbocycles. The van der Waals surface area contributed by atoms with Crippen molar-refractivity contribution in [3.63, 3.8) is 0 Å². The van der Waals surface area contributed by atoms with Gasteiger partial charge in [0.05, 0.1) is 12.1 Å². The van der Waals surface area contributed by atoms with E-state index in [1.807, 2.05) is 0 Å². The van der Waals surface area contributed by atoms with Crippen molar-refractivity contribution >= 4 is 49.8 Å². The first-order valence-electron chi connectivity index (χ1n) is 7.29. The highest BCUT2D eigenvalue weighted by molar-refractivity contribution is 7.17. The maximum absolute atomic E-state index is 12.2. The molecule has 0 radical (unpaired) electrons. The Morgan fingerprint density at radius 2 is 2.16 bits per heavy atom. The third kappa shape index (κ3) is 4.25. The summed E-state index contributed by atoms with van der Waals surface area (Å²) in [5, 5.41) is 12.1. The standard InChI is InChI=1S/C14H14N6O3S2/c1-20(6-9-16-8-4-5-24-12(8)13(23)17-9)11(22)3-2-10(21)18-14-19-15-7-25-14/h4-5,7H,2-3,6H2,1H3,(H,16,17,23)(H,18,19,21). The van der Waals surface area contributed by atoms with Gasteiger partial charge in [-0.15, -0.1) is 21.5 Å². The summed E-state index contributed by atoms with van der Waals surface area (Å²) in [5.74, 6) is -0.115. The van der Waals surface area contributed by atoms with E-state index in [1.165, 1.54) is 33.1 Å². The first-order chi connectivity index (χ1) is 12.0. The van der Waals surface area contributed by atoms with Crippen LogP contribution in [0.3, 0.4) is 0 Å². The van der Waals surface area contributed by atoms with Gasteiger partial charge in [0, 0.05) is 19.9 Å². The van der Waals surface area contributed by atoms with Crippen molar-refractivity contribution in [3.8, 4) is 0 Å². The molecule has 2 N–H and O–H groups in total. The smallest absolute Gasteiger partial charge is 0.268 e. The lowest BCUT2D eigenvalue weighted by atomic mass is 10.2. The highest BCUT2D eigenvalue weighted by Crippen LogP contribution is 2.14. The molecule has 3 aromatic heterocycles. The Kier molecular flexibility index (Phi) is 5.14. The average Bonchev–Trinajstić information content (AvgIpc) is 3.24. The van der Waals surface area contributed by atoms with Gasteiger partial charge in [0.1, 0.15) is 16.0 Å². The van der Waals surface area contributed by atoms with Crippen LogP contribution in [0.2, 0.25) is 0 Å². The molecule has 0 atom stereocenters. The van der Waals surface area contributed by atoms with Gasteiger partial charge >= 0.3 is 0 Å². The van der Waals surface area contributed by atoms with E-state index in [1.54, 1.807) is 18.5 Å². The Hall–Kier alpha value is -2.66. The van der Waals surface area contributed by atoms with Crippen molar-refractivity contribution in [1.82, 2.24) is 25.1 Å². The van der Waals surface area contributed by atoms with E-state index in [2.05, 4.69) is 25.5 Å². The Labute approximate surface area is 149 Å². The number of aromatic nitrogens is 4. The fourth-order valence-corrected chi connectivity index (χ4v) is 3.32. The van der Waals surface area contributed by atoms with E-state index >= 15 is 0 Å². The first kappa shape index (κ1) is 17.2. The lowest BCUT2D eigenvalue weighted by Crippen LogP contribution is -2.29. The number of carbonyl (C=O) groups is 2. The number of hydrogen-bond donors (Lipinski definition) is 2. The molecule has 3 rings (SSSR count). The van der Waals surface area contributed by atoms with Gasteiger partial charge in [-0.05, 0) is 11.4 Å². The predicted molar refractivity (Wildman–Crippen MR) is 94.5 cm³/mol. The van der Waals surface area contributed by atoms with Crippen LogP contribution < -0.4 is 10.9 Å². The van der Waals surface area contributed by atoms with Crippen molar-refractivity contribution in [2.45, 2.75) is 19.4 Å². The number of H-pyrrole nitrogens is 1. The molecule has 9 nitrogen and oxygen atoms in total. The number of aromatic amines is 1. The van der Waals surface area contributed by atoms with Crippen LogP contribution in [0.1, 0.15) is 18.7 Å². The fourth-order valence-electron chi connectivity index (χ4n) is 2.13. The van der Waals surface area contributed by atoms with E-state index in [9.17, 15) is 14.4 Å². The zero-order chi connectivity index (χ0) is 17.8. The Balaban J connectivity index is 1.54. The van der Waals surface area contributed by atoms with Crippen LogP contribution in [0.15, 0.2) is 21.8 Å². The van der Waals surface area contributed by atoms with Crippen LogP contribution in [0, 0.1) is 0 Å². The van der Waals surface area contributed by atoms with Gasteiger partial charge in [0.2, 0.25) is 16.9 Å². The van der Waals surface area contributed by atoms with E-state index in [0.29, 0.717) is 21.2 Å². The molecule has 3 heterocycles. The zero-order valence-electron chi connectivity index (χ0n) is 13.2. The molecular formula is C14H14N6O3S2. The summed E-state index contributed by atoms with van der Waals surface area (Å²) < 4.78 is 0.561. The lowest BCUT2D eigenvalue weighted by molar-refractivity contribution is -0.132. The van der Waals surface area contributed by atoms with Crippen molar-refractivity contribution in [2.75, 3.05) is 12.4 Å². The number of nitrogens with zero attached hydrogens (tertiary/aromatic N) is 4. The topological polar surface area (TPSA) is 121 Å². The van der Waals surface area contributed by atoms with Gasteiger partial charge in [0.25, 0.3) is 5.56 Å². The maximum atomic E-state index is 12.2. The van der Waals surface area contributed by atoms with Crippen molar-refractivity contribution in [1.29, 1.82) is 0 Å². The maximum Gasteiger partial charge on any atom is 0.268 e. The van der Waals surface area contributed by atoms with Gasteiger partial charge in [-0.2, -0.15) is 0 Å². The van der Waals surface area contributed by atoms with Crippen LogP contribution in [0.4, 0.5) is 5.13 Å². The summed E-state index contributed by atoms with van der Waals surface area (Å²) in [7, 11) is 1.60. The highest BCUT2D eigenvalue weighted by Gasteiger charge is 2.14. The number of fused-ring (bicyclic) bond motifs is 1. The minimum Gasteiger partial charge on any atom is -0.338 e. The van der Waals surface area contributed by atoms with Gasteiger partial charge < -0.3 is 15.2 Å². The van der Waals surface area contributed by atoms with E-state index in [0.717, 1.165) is 0 Å². The normalized spacial score (nSPS) is 10.8. The number of thiophene rings is 1. The number of nitrogens with one attached hydrogen (secondary N) is 2. The van der Waals surface area contributed by atoms with Crippen molar-refractivity contribution in [2.24, 2.45) is 0 Å². The molecule has 130 valence electrons. The molecule has 3 aromatic rings. The largest absolute Gasteiger partial charge is 0.338 e. The van der Waals surface area contributed by atoms with Crippen LogP contribution in [-0.2, 0) is 16.1 Å². The SMILES string of the molecule is CN(Cc1nc2ccsc2c(=O)[nH]1)C(=O)CCC(=O)Nc1nncs1. The number of rotatable bonds is 6. The van der Waals surface area contributed by atoms with E-state index in [4.69, 9.17) is 0 Å². The molecule has 0 aliphatic rings. The Morgan fingerprint density at radius 1 is 1.32 bits per heavy atom. The number of hydrogen-bond acceptors (Lipinski definition) is 8. The Bertz CT molecular complexity index is 949. The monoisotopic (exact) mass is 378 g/mol. The molecule has 0 saturated carbocycles. The summed E-state index contributed by atoms with van der Waals surface area (Å²) >= 11 is 2.53. The third-order valence-corrected chi connectivity index (χ3v) is 4.86. The van der Waals surface area contributed by atoms with Crippen LogP contribution >= 0.6 is 22.7 Å². The molecule has 0 fully saturated rings. The summed E-state index contributed by atoms with van der Waals surface area (Å²) in [6.45, 7) is 0.165. The molecule has 0 aliphatic heterocycles. The molecular weight excluding hydrogens is 364 g/mol. The van der Waals surface area contributed by atoms with Crippen molar-refractivity contribution < 1.29 is 9.59 Å². The second kappa shape index (κ2) is 7.49.